The van der Waals surface area contributed by atoms with Gasteiger partial charge in [-0.3, -0.25) is 9.59 Å². The van der Waals surface area contributed by atoms with Crippen molar-refractivity contribution in [2.75, 3.05) is 13.3 Å². The summed E-state index contributed by atoms with van der Waals surface area (Å²) < 4.78 is 17.1. The van der Waals surface area contributed by atoms with Crippen LogP contribution in [0.15, 0.2) is 0 Å². The van der Waals surface area contributed by atoms with Crippen LogP contribution in [0.2, 0.25) is 0 Å². The third kappa shape index (κ3) is 8.98. The van der Waals surface area contributed by atoms with Crippen LogP contribution in [-0.2, 0) is 14.3 Å². The molecule has 0 aliphatic carbocycles. The van der Waals surface area contributed by atoms with Gasteiger partial charge in [0.15, 0.2) is 5.78 Å². The molecule has 1 atom stereocenters. The van der Waals surface area contributed by atoms with E-state index in [1.54, 1.807) is 0 Å². The monoisotopic (exact) mass is 276 g/mol. The van der Waals surface area contributed by atoms with Gasteiger partial charge in [-0.25, -0.2) is 9.18 Å². The Labute approximate surface area is 111 Å². The van der Waals surface area contributed by atoms with Gasteiger partial charge in [-0.2, -0.15) is 0 Å². The van der Waals surface area contributed by atoms with Crippen molar-refractivity contribution in [2.24, 2.45) is 5.73 Å². The fourth-order valence-corrected chi connectivity index (χ4v) is 1.42. The number of hydrogen-bond acceptors (Lipinski definition) is 4. The minimum atomic E-state index is -1.27. The Morgan fingerprint density at radius 1 is 1.26 bits per heavy atom. The van der Waals surface area contributed by atoms with Crippen LogP contribution in [-0.4, -0.2) is 37.1 Å². The van der Waals surface area contributed by atoms with Crippen LogP contribution in [0.3, 0.4) is 0 Å². The average molecular weight is 276 g/mol. The van der Waals surface area contributed by atoms with E-state index in [-0.39, 0.29) is 6.61 Å². The Morgan fingerprint density at radius 2 is 1.95 bits per heavy atom. The van der Waals surface area contributed by atoms with Crippen LogP contribution in [0.1, 0.15) is 39.0 Å². The molecular formula is C12H21FN2O4. The minimum Gasteiger partial charge on any atom is -0.450 e. The molecule has 0 radical (unpaired) electrons. The highest BCUT2D eigenvalue weighted by Crippen LogP contribution is 2.00. The van der Waals surface area contributed by atoms with E-state index in [0.717, 1.165) is 25.7 Å². The smallest absolute Gasteiger partial charge is 0.407 e. The first-order chi connectivity index (χ1) is 9.01. The summed E-state index contributed by atoms with van der Waals surface area (Å²) >= 11 is 0. The van der Waals surface area contributed by atoms with Crippen LogP contribution in [0.25, 0.3) is 0 Å². The summed E-state index contributed by atoms with van der Waals surface area (Å²) in [5.41, 5.74) is 4.91. The first-order valence-electron chi connectivity index (χ1n) is 6.31. The van der Waals surface area contributed by atoms with Crippen molar-refractivity contribution in [1.82, 2.24) is 5.32 Å². The molecule has 0 heterocycles. The maximum atomic E-state index is 12.2. The number of primary amides is 1. The minimum absolute atomic E-state index is 0.221. The molecule has 2 amide bonds. The molecule has 0 aromatic rings. The summed E-state index contributed by atoms with van der Waals surface area (Å²) in [6.45, 7) is 1.01. The number of ketones is 1. The Morgan fingerprint density at radius 3 is 2.47 bits per heavy atom. The highest BCUT2D eigenvalue weighted by molar-refractivity contribution is 5.92. The van der Waals surface area contributed by atoms with Gasteiger partial charge in [0.05, 0.1) is 13.0 Å². The zero-order valence-electron chi connectivity index (χ0n) is 11.1. The van der Waals surface area contributed by atoms with Crippen molar-refractivity contribution in [3.8, 4) is 0 Å². The number of nitrogens with two attached hydrogens (primary N) is 1. The van der Waals surface area contributed by atoms with E-state index >= 15 is 0 Å². The molecular weight excluding hydrogens is 255 g/mol. The summed E-state index contributed by atoms with van der Waals surface area (Å²) in [5.74, 6) is -1.70. The number of carbonyl (C=O) groups is 3. The molecule has 110 valence electrons. The van der Waals surface area contributed by atoms with E-state index in [9.17, 15) is 18.8 Å². The Hall–Kier alpha value is -1.66. The van der Waals surface area contributed by atoms with E-state index < -0.39 is 36.9 Å². The van der Waals surface area contributed by atoms with Crippen LogP contribution in [0.4, 0.5) is 9.18 Å². The van der Waals surface area contributed by atoms with Crippen LogP contribution in [0.5, 0.6) is 0 Å². The first-order valence-corrected chi connectivity index (χ1v) is 6.31. The number of ether oxygens (including phenoxy) is 1. The number of rotatable bonds is 10. The molecule has 0 spiro atoms. The molecule has 0 aliphatic rings. The van der Waals surface area contributed by atoms with E-state index in [0.29, 0.717) is 0 Å². The van der Waals surface area contributed by atoms with Gasteiger partial charge in [-0.15, -0.1) is 0 Å². The Balaban J connectivity index is 4.02. The van der Waals surface area contributed by atoms with Crippen molar-refractivity contribution < 1.29 is 23.5 Å². The fourth-order valence-electron chi connectivity index (χ4n) is 1.42. The van der Waals surface area contributed by atoms with E-state index in [4.69, 9.17) is 10.5 Å². The number of alkyl halides is 1. The lowest BCUT2D eigenvalue weighted by molar-refractivity contribution is -0.126. The average Bonchev–Trinajstić information content (AvgIpc) is 2.36. The molecule has 3 N–H and O–H groups in total. The number of Topliss-reactive ketones (excluding diaryl/α,β-unsaturated/α-hetero) is 1. The predicted octanol–water partition coefficient (Wildman–Crippen LogP) is 1.08. The van der Waals surface area contributed by atoms with E-state index in [1.807, 2.05) is 0 Å². The van der Waals surface area contributed by atoms with Gasteiger partial charge >= 0.3 is 6.09 Å². The standard InChI is InChI=1S/C12H21FN2O4/c1-2-3-4-5-6-19-12(18)15-9(7-11(14)17)10(16)8-13/h9H,2-8H2,1H3,(H2,14,17)(H,15,18)/t9-/m1/s1. The maximum absolute atomic E-state index is 12.2. The second-order valence-corrected chi connectivity index (χ2v) is 4.16. The molecule has 19 heavy (non-hydrogen) atoms. The zero-order chi connectivity index (χ0) is 14.7. The third-order valence-corrected chi connectivity index (χ3v) is 2.45. The number of hydrogen-bond donors (Lipinski definition) is 2. The summed E-state index contributed by atoms with van der Waals surface area (Å²) in [7, 11) is 0. The molecule has 6 nitrogen and oxygen atoms in total. The van der Waals surface area contributed by atoms with E-state index in [2.05, 4.69) is 12.2 Å². The van der Waals surface area contributed by atoms with Gasteiger partial charge < -0.3 is 15.8 Å². The van der Waals surface area contributed by atoms with Crippen molar-refractivity contribution in [1.29, 1.82) is 0 Å². The number of unbranched alkanes of at least 4 members (excludes halogenated alkanes) is 3. The number of amides is 2. The molecule has 0 bridgehead atoms. The quantitative estimate of drug-likeness (QED) is 0.583. The molecule has 0 fully saturated rings. The molecule has 0 saturated carbocycles. The predicted molar refractivity (Wildman–Crippen MR) is 67.2 cm³/mol. The maximum Gasteiger partial charge on any atom is 0.407 e. The molecule has 0 unspecified atom stereocenters. The molecule has 0 aliphatic heterocycles. The molecule has 7 heteroatoms. The molecule has 0 aromatic carbocycles. The topological polar surface area (TPSA) is 98.5 Å². The van der Waals surface area contributed by atoms with Crippen LogP contribution >= 0.6 is 0 Å². The summed E-state index contributed by atoms with van der Waals surface area (Å²) in [4.78, 5) is 33.2. The van der Waals surface area contributed by atoms with Crippen LogP contribution < -0.4 is 11.1 Å². The summed E-state index contributed by atoms with van der Waals surface area (Å²) in [6, 6.07) is -1.26. The Bertz CT molecular complexity index is 310. The third-order valence-electron chi connectivity index (χ3n) is 2.45. The SMILES string of the molecule is CCCCCCOC(=O)N[C@H](CC(N)=O)C(=O)CF. The molecule has 0 aromatic heterocycles. The lowest BCUT2D eigenvalue weighted by atomic mass is 10.1. The van der Waals surface area contributed by atoms with Crippen LogP contribution in [0, 0.1) is 0 Å². The number of alkyl carbamates (subject to hydrolysis) is 1. The van der Waals surface area contributed by atoms with Gasteiger partial charge in [0.1, 0.15) is 12.7 Å². The normalized spacial score (nSPS) is 11.7. The molecule has 0 saturated heterocycles. The number of nitrogens with one attached hydrogen (secondary N) is 1. The van der Waals surface area contributed by atoms with Gasteiger partial charge in [0, 0.05) is 0 Å². The van der Waals surface area contributed by atoms with Crippen molar-refractivity contribution in [3.63, 3.8) is 0 Å². The summed E-state index contributed by atoms with van der Waals surface area (Å²) in [6.07, 6.45) is 2.50. The van der Waals surface area contributed by atoms with Gasteiger partial charge in [-0.05, 0) is 6.42 Å². The summed E-state index contributed by atoms with van der Waals surface area (Å²) in [5, 5.41) is 2.14. The second-order valence-electron chi connectivity index (χ2n) is 4.16. The fraction of sp³-hybridized carbons (Fsp3) is 0.750. The first kappa shape index (κ1) is 17.3. The number of carbonyl (C=O) groups excluding carboxylic acids is 3. The Kier molecular flexibility index (Phi) is 9.38. The van der Waals surface area contributed by atoms with Crippen molar-refractivity contribution >= 4 is 17.8 Å². The second kappa shape index (κ2) is 10.3. The van der Waals surface area contributed by atoms with E-state index in [1.165, 1.54) is 0 Å². The highest BCUT2D eigenvalue weighted by atomic mass is 19.1. The zero-order valence-corrected chi connectivity index (χ0v) is 11.1. The highest BCUT2D eigenvalue weighted by Gasteiger charge is 2.23. The molecule has 0 rings (SSSR count). The van der Waals surface area contributed by atoms with Crippen molar-refractivity contribution in [3.05, 3.63) is 0 Å². The van der Waals surface area contributed by atoms with Gasteiger partial charge in [0.2, 0.25) is 5.91 Å². The largest absolute Gasteiger partial charge is 0.450 e. The van der Waals surface area contributed by atoms with Crippen molar-refractivity contribution in [2.45, 2.75) is 45.1 Å². The lowest BCUT2D eigenvalue weighted by Gasteiger charge is -2.14. The van der Waals surface area contributed by atoms with Gasteiger partial charge in [-0.1, -0.05) is 26.2 Å². The van der Waals surface area contributed by atoms with Gasteiger partial charge in [0.25, 0.3) is 0 Å². The lowest BCUT2D eigenvalue weighted by Crippen LogP contribution is -2.44. The number of halogens is 1.